The minimum atomic E-state index is -4.95. The third kappa shape index (κ3) is 17.1. The third-order valence-electron chi connectivity index (χ3n) is 6.43. The average molecular weight is 568 g/mol. The highest BCUT2D eigenvalue weighted by molar-refractivity contribution is 5.77. The fourth-order valence-corrected chi connectivity index (χ4v) is 4.18. The van der Waals surface area contributed by atoms with Crippen LogP contribution in [0.15, 0.2) is 18.2 Å². The van der Waals surface area contributed by atoms with Gasteiger partial charge in [-0.25, -0.2) is 0 Å². The summed E-state index contributed by atoms with van der Waals surface area (Å²) in [5.74, 6) is -1.01. The maximum Gasteiger partial charge on any atom is 0.416 e. The second-order valence-corrected chi connectivity index (χ2v) is 10.0. The van der Waals surface area contributed by atoms with Crippen molar-refractivity contribution in [2.45, 2.75) is 129 Å². The molecule has 0 heterocycles. The van der Waals surface area contributed by atoms with Gasteiger partial charge in [0.05, 0.1) is 17.7 Å². The van der Waals surface area contributed by atoms with Crippen LogP contribution in [0, 0.1) is 0 Å². The molecular formula is C29H43F6NO3. The largest absolute Gasteiger partial charge is 0.466 e. The molecule has 0 spiro atoms. The van der Waals surface area contributed by atoms with E-state index in [1.54, 1.807) is 0 Å². The highest BCUT2D eigenvalue weighted by Gasteiger charge is 2.36. The Morgan fingerprint density at radius 3 is 1.59 bits per heavy atom. The molecule has 0 aliphatic carbocycles. The summed E-state index contributed by atoms with van der Waals surface area (Å²) >= 11 is 0. The van der Waals surface area contributed by atoms with Crippen molar-refractivity contribution in [3.63, 3.8) is 0 Å². The molecule has 0 saturated carbocycles. The van der Waals surface area contributed by atoms with Crippen molar-refractivity contribution >= 4 is 11.9 Å². The molecule has 224 valence electrons. The van der Waals surface area contributed by atoms with Gasteiger partial charge in [0.15, 0.2) is 0 Å². The number of ether oxygens (including phenoxy) is 1. The van der Waals surface area contributed by atoms with E-state index in [1.807, 2.05) is 0 Å². The molecule has 0 aliphatic heterocycles. The first kappa shape index (κ1) is 34.8. The molecule has 4 nitrogen and oxygen atoms in total. The molecule has 10 heteroatoms. The van der Waals surface area contributed by atoms with Crippen molar-refractivity contribution in [1.82, 2.24) is 5.32 Å². The van der Waals surface area contributed by atoms with Crippen molar-refractivity contribution in [3.05, 3.63) is 34.9 Å². The number of rotatable bonds is 20. The van der Waals surface area contributed by atoms with E-state index in [0.29, 0.717) is 18.7 Å². The van der Waals surface area contributed by atoms with Crippen LogP contribution in [0.4, 0.5) is 26.3 Å². The van der Waals surface area contributed by atoms with Crippen LogP contribution in [-0.4, -0.2) is 18.5 Å². The molecule has 1 aromatic rings. The van der Waals surface area contributed by atoms with Crippen LogP contribution in [0.3, 0.4) is 0 Å². The lowest BCUT2D eigenvalue weighted by atomic mass is 10.0. The van der Waals surface area contributed by atoms with Gasteiger partial charge in [-0.05, 0) is 36.6 Å². The van der Waals surface area contributed by atoms with E-state index in [4.69, 9.17) is 4.74 Å². The SMILES string of the molecule is CCCCCCCCCCCCCCCOC(=O)CCCC(=O)NCc1cc(C(F)(F)F)cc(C(F)(F)F)c1. The minimum Gasteiger partial charge on any atom is -0.466 e. The first-order chi connectivity index (χ1) is 18.4. The van der Waals surface area contributed by atoms with Crippen molar-refractivity contribution in [3.8, 4) is 0 Å². The molecule has 1 N–H and O–H groups in total. The van der Waals surface area contributed by atoms with E-state index in [1.165, 1.54) is 64.2 Å². The number of alkyl halides is 6. The van der Waals surface area contributed by atoms with Crippen LogP contribution in [0.1, 0.15) is 126 Å². The van der Waals surface area contributed by atoms with Gasteiger partial charge in [-0.15, -0.1) is 0 Å². The maximum absolute atomic E-state index is 12.9. The molecule has 0 radical (unpaired) electrons. The molecule has 1 rings (SSSR count). The molecule has 1 aromatic carbocycles. The number of unbranched alkanes of at least 4 members (excludes halogenated alkanes) is 12. The van der Waals surface area contributed by atoms with Crippen LogP contribution in [0.25, 0.3) is 0 Å². The number of nitrogens with one attached hydrogen (secondary N) is 1. The number of amides is 1. The highest BCUT2D eigenvalue weighted by atomic mass is 19.4. The van der Waals surface area contributed by atoms with Crippen LogP contribution >= 0.6 is 0 Å². The van der Waals surface area contributed by atoms with Gasteiger partial charge in [0.2, 0.25) is 5.91 Å². The van der Waals surface area contributed by atoms with Gasteiger partial charge in [0.1, 0.15) is 0 Å². The van der Waals surface area contributed by atoms with Crippen LogP contribution < -0.4 is 5.32 Å². The maximum atomic E-state index is 12.9. The molecule has 0 saturated heterocycles. The Morgan fingerprint density at radius 2 is 1.13 bits per heavy atom. The van der Waals surface area contributed by atoms with Crippen molar-refractivity contribution in [2.75, 3.05) is 6.61 Å². The van der Waals surface area contributed by atoms with Crippen LogP contribution in [0.5, 0.6) is 0 Å². The summed E-state index contributed by atoms with van der Waals surface area (Å²) in [6.45, 7) is 2.05. The molecule has 0 aromatic heterocycles. The molecule has 0 atom stereocenters. The molecule has 0 aliphatic rings. The zero-order valence-corrected chi connectivity index (χ0v) is 23.0. The monoisotopic (exact) mass is 567 g/mol. The second-order valence-electron chi connectivity index (χ2n) is 10.0. The van der Waals surface area contributed by atoms with E-state index < -0.39 is 41.9 Å². The molecule has 39 heavy (non-hydrogen) atoms. The lowest BCUT2D eigenvalue weighted by Crippen LogP contribution is -2.23. The summed E-state index contributed by atoms with van der Waals surface area (Å²) in [6.07, 6.45) is 5.97. The number of carbonyl (C=O) groups is 2. The van der Waals surface area contributed by atoms with Gasteiger partial charge in [-0.3, -0.25) is 9.59 Å². The number of carbonyl (C=O) groups excluding carboxylic acids is 2. The van der Waals surface area contributed by atoms with E-state index in [0.717, 1.165) is 19.3 Å². The summed E-state index contributed by atoms with van der Waals surface area (Å²) in [7, 11) is 0. The van der Waals surface area contributed by atoms with Crippen LogP contribution in [0.2, 0.25) is 0 Å². The number of hydrogen-bond acceptors (Lipinski definition) is 3. The Kier molecular flexibility index (Phi) is 16.9. The summed E-state index contributed by atoms with van der Waals surface area (Å²) < 4.78 is 82.8. The Bertz CT molecular complexity index is 807. The quantitative estimate of drug-likeness (QED) is 0.0971. The fourth-order valence-electron chi connectivity index (χ4n) is 4.18. The number of hydrogen-bond donors (Lipinski definition) is 1. The average Bonchev–Trinajstić information content (AvgIpc) is 2.86. The van der Waals surface area contributed by atoms with Gasteiger partial charge in [-0.1, -0.05) is 84.0 Å². The normalized spacial score (nSPS) is 12.0. The van der Waals surface area contributed by atoms with Gasteiger partial charge in [-0.2, -0.15) is 26.3 Å². The predicted octanol–water partition coefficient (Wildman–Crippen LogP) is 9.15. The Morgan fingerprint density at radius 1 is 0.667 bits per heavy atom. The van der Waals surface area contributed by atoms with E-state index in [9.17, 15) is 35.9 Å². The first-order valence-corrected chi connectivity index (χ1v) is 14.1. The van der Waals surface area contributed by atoms with Crippen molar-refractivity contribution < 1.29 is 40.7 Å². The highest BCUT2D eigenvalue weighted by Crippen LogP contribution is 2.36. The van der Waals surface area contributed by atoms with Gasteiger partial charge in [0, 0.05) is 19.4 Å². The number of halogens is 6. The van der Waals surface area contributed by atoms with E-state index >= 15 is 0 Å². The zero-order valence-electron chi connectivity index (χ0n) is 23.0. The Labute approximate surface area is 228 Å². The number of esters is 1. The summed E-state index contributed by atoms with van der Waals surface area (Å²) in [5, 5.41) is 2.30. The summed E-state index contributed by atoms with van der Waals surface area (Å²) in [6, 6.07) is 1.18. The topological polar surface area (TPSA) is 55.4 Å². The smallest absolute Gasteiger partial charge is 0.416 e. The first-order valence-electron chi connectivity index (χ1n) is 14.1. The predicted molar refractivity (Wildman–Crippen MR) is 139 cm³/mol. The van der Waals surface area contributed by atoms with E-state index in [-0.39, 0.29) is 30.9 Å². The minimum absolute atomic E-state index is 0.00758. The standard InChI is InChI=1S/C29H43F6NO3/c1-2-3-4-5-6-7-8-9-10-11-12-13-14-18-39-27(38)17-15-16-26(37)36-22-23-19-24(28(30,31)32)21-25(20-23)29(33,34)35/h19-21H,2-18,22H2,1H3,(H,36,37). The lowest BCUT2D eigenvalue weighted by molar-refractivity contribution is -0.144. The Hall–Kier alpha value is -2.26. The third-order valence-corrected chi connectivity index (χ3v) is 6.43. The van der Waals surface area contributed by atoms with Gasteiger partial charge in [0.25, 0.3) is 0 Å². The zero-order chi connectivity index (χ0) is 29.2. The van der Waals surface area contributed by atoms with Crippen LogP contribution in [-0.2, 0) is 33.2 Å². The Balaban J connectivity index is 2.12. The van der Waals surface area contributed by atoms with Gasteiger partial charge >= 0.3 is 18.3 Å². The van der Waals surface area contributed by atoms with E-state index in [2.05, 4.69) is 12.2 Å². The number of benzene rings is 1. The molecule has 1 amide bonds. The molecule has 0 fully saturated rings. The molecule has 0 unspecified atom stereocenters. The molecular weight excluding hydrogens is 524 g/mol. The van der Waals surface area contributed by atoms with Gasteiger partial charge < -0.3 is 10.1 Å². The second kappa shape index (κ2) is 18.9. The van der Waals surface area contributed by atoms with Crippen molar-refractivity contribution in [1.29, 1.82) is 0 Å². The molecule has 0 bridgehead atoms. The fraction of sp³-hybridized carbons (Fsp3) is 0.724. The van der Waals surface area contributed by atoms with Crippen molar-refractivity contribution in [2.24, 2.45) is 0 Å². The summed E-state index contributed by atoms with van der Waals surface area (Å²) in [4.78, 5) is 23.8. The lowest BCUT2D eigenvalue weighted by Gasteiger charge is -2.14. The summed E-state index contributed by atoms with van der Waals surface area (Å²) in [5.41, 5.74) is -3.19.